The van der Waals surface area contributed by atoms with Crippen molar-refractivity contribution in [3.05, 3.63) is 28.2 Å². The van der Waals surface area contributed by atoms with Gasteiger partial charge in [-0.15, -0.1) is 0 Å². The molecule has 0 radical (unpaired) electrons. The van der Waals surface area contributed by atoms with Crippen LogP contribution in [0.5, 0.6) is 0 Å². The summed E-state index contributed by atoms with van der Waals surface area (Å²) in [5, 5.41) is 7.46. The van der Waals surface area contributed by atoms with Gasteiger partial charge in [-0.2, -0.15) is 0 Å². The number of piperidine rings is 1. The molecular weight excluding hydrogens is 306 g/mol. The monoisotopic (exact) mass is 325 g/mol. The average molecular weight is 326 g/mol. The lowest BCUT2D eigenvalue weighted by atomic mass is 9.94. The van der Waals surface area contributed by atoms with Crippen molar-refractivity contribution >= 4 is 27.5 Å². The van der Waals surface area contributed by atoms with Crippen molar-refractivity contribution in [2.75, 3.05) is 25.1 Å². The van der Waals surface area contributed by atoms with Crippen LogP contribution >= 0.6 is 15.9 Å². The Balaban J connectivity index is 2.24. The van der Waals surface area contributed by atoms with Crippen molar-refractivity contribution in [2.45, 2.75) is 25.4 Å². The molecule has 5 heteroatoms. The summed E-state index contributed by atoms with van der Waals surface area (Å²) >= 11 is 3.58. The molecule has 3 N–H and O–H groups in total. The Morgan fingerprint density at radius 3 is 2.84 bits per heavy atom. The number of nitrogens with two attached hydrogens (primary N) is 1. The van der Waals surface area contributed by atoms with Gasteiger partial charge < -0.3 is 15.4 Å². The molecule has 0 aliphatic carbocycles. The number of rotatable bonds is 3. The number of nitrogens with zero attached hydrogens (tertiary/aromatic N) is 1. The van der Waals surface area contributed by atoms with Gasteiger partial charge in [-0.1, -0.05) is 0 Å². The number of methoxy groups -OCH3 is 1. The molecule has 1 aromatic carbocycles. The zero-order valence-corrected chi connectivity index (χ0v) is 13.0. The van der Waals surface area contributed by atoms with Crippen LogP contribution in [0.15, 0.2) is 22.7 Å². The summed E-state index contributed by atoms with van der Waals surface area (Å²) in [6.45, 7) is 4.05. The topological polar surface area (TPSA) is 62.3 Å². The molecule has 1 saturated heterocycles. The molecule has 1 aliphatic rings. The molecule has 1 heterocycles. The minimum atomic E-state index is -0.0864. The second-order valence-electron chi connectivity index (χ2n) is 5.26. The molecule has 2 rings (SSSR count). The van der Waals surface area contributed by atoms with Gasteiger partial charge in [-0.05, 0) is 53.9 Å². The standard InChI is InChI=1S/C14H20BrN3O/c1-14(19-2)6-3-7-18(9-14)12-5-4-10(13(16)17)8-11(12)15/h4-5,8H,3,6-7,9H2,1-2H3,(H3,16,17). The van der Waals surface area contributed by atoms with Gasteiger partial charge in [0.25, 0.3) is 0 Å². The minimum absolute atomic E-state index is 0.0864. The smallest absolute Gasteiger partial charge is 0.122 e. The maximum absolute atomic E-state index is 7.46. The fraction of sp³-hybridized carbons (Fsp3) is 0.500. The SMILES string of the molecule is COC1(C)CCCN(c2ccc(C(=N)N)cc2Br)C1. The van der Waals surface area contributed by atoms with Crippen LogP contribution < -0.4 is 10.6 Å². The maximum atomic E-state index is 7.46. The van der Waals surface area contributed by atoms with Crippen LogP contribution in [0.4, 0.5) is 5.69 Å². The number of nitrogens with one attached hydrogen (secondary N) is 1. The third kappa shape index (κ3) is 3.09. The molecule has 0 bridgehead atoms. The van der Waals surface area contributed by atoms with E-state index in [2.05, 4.69) is 27.8 Å². The van der Waals surface area contributed by atoms with Crippen molar-refractivity contribution in [1.29, 1.82) is 5.41 Å². The molecule has 1 fully saturated rings. The predicted molar refractivity (Wildman–Crippen MR) is 82.0 cm³/mol. The maximum Gasteiger partial charge on any atom is 0.122 e. The number of nitrogen functional groups attached to an aromatic ring is 1. The first-order valence-electron chi connectivity index (χ1n) is 6.39. The van der Waals surface area contributed by atoms with Gasteiger partial charge in [0.2, 0.25) is 0 Å². The molecule has 0 saturated carbocycles. The number of halogens is 1. The molecule has 4 nitrogen and oxygen atoms in total. The third-order valence-electron chi connectivity index (χ3n) is 3.75. The highest BCUT2D eigenvalue weighted by molar-refractivity contribution is 9.10. The Morgan fingerprint density at radius 1 is 1.53 bits per heavy atom. The van der Waals surface area contributed by atoms with Gasteiger partial charge in [0.05, 0.1) is 11.3 Å². The van der Waals surface area contributed by atoms with Crippen LogP contribution in [0, 0.1) is 5.41 Å². The zero-order chi connectivity index (χ0) is 14.0. The highest BCUT2D eigenvalue weighted by atomic mass is 79.9. The highest BCUT2D eigenvalue weighted by Gasteiger charge is 2.31. The van der Waals surface area contributed by atoms with E-state index in [-0.39, 0.29) is 11.4 Å². The van der Waals surface area contributed by atoms with Crippen LogP contribution in [0.1, 0.15) is 25.3 Å². The number of amidine groups is 1. The van der Waals surface area contributed by atoms with Gasteiger partial charge in [0.15, 0.2) is 0 Å². The van der Waals surface area contributed by atoms with Crippen LogP contribution in [0.25, 0.3) is 0 Å². The zero-order valence-electron chi connectivity index (χ0n) is 11.4. The molecule has 0 aromatic heterocycles. The van der Waals surface area contributed by atoms with Crippen LogP contribution in [-0.2, 0) is 4.74 Å². The molecule has 19 heavy (non-hydrogen) atoms. The van der Waals surface area contributed by atoms with Crippen LogP contribution in [0.2, 0.25) is 0 Å². The average Bonchev–Trinajstić information content (AvgIpc) is 2.38. The first-order valence-corrected chi connectivity index (χ1v) is 7.18. The molecule has 0 spiro atoms. The Labute approximate surface area is 122 Å². The van der Waals surface area contributed by atoms with E-state index in [0.717, 1.165) is 41.7 Å². The highest BCUT2D eigenvalue weighted by Crippen LogP contribution is 2.33. The Bertz CT molecular complexity index is 492. The lowest BCUT2D eigenvalue weighted by molar-refractivity contribution is -0.00467. The fourth-order valence-corrected chi connectivity index (χ4v) is 3.14. The van der Waals surface area contributed by atoms with E-state index in [1.54, 1.807) is 7.11 Å². The van der Waals surface area contributed by atoms with Crippen molar-refractivity contribution in [2.24, 2.45) is 5.73 Å². The van der Waals surface area contributed by atoms with Crippen LogP contribution in [-0.4, -0.2) is 31.6 Å². The Hall–Kier alpha value is -1.07. The van der Waals surface area contributed by atoms with E-state index < -0.39 is 0 Å². The lowest BCUT2D eigenvalue weighted by Gasteiger charge is -2.41. The second kappa shape index (κ2) is 5.51. The van der Waals surface area contributed by atoms with E-state index in [1.165, 1.54) is 0 Å². The first kappa shape index (κ1) is 14.3. The molecule has 1 aliphatic heterocycles. The molecular formula is C14H20BrN3O. The van der Waals surface area contributed by atoms with Gasteiger partial charge in [0, 0.05) is 30.2 Å². The van der Waals surface area contributed by atoms with E-state index in [0.29, 0.717) is 0 Å². The Kier molecular flexibility index (Phi) is 4.16. The normalized spacial score (nSPS) is 23.4. The quantitative estimate of drug-likeness (QED) is 0.663. The first-order chi connectivity index (χ1) is 8.95. The molecule has 1 atom stereocenters. The summed E-state index contributed by atoms with van der Waals surface area (Å²) in [6, 6.07) is 5.81. The van der Waals surface area contributed by atoms with E-state index in [9.17, 15) is 0 Å². The van der Waals surface area contributed by atoms with E-state index in [4.69, 9.17) is 15.9 Å². The van der Waals surface area contributed by atoms with E-state index in [1.807, 2.05) is 18.2 Å². The van der Waals surface area contributed by atoms with Gasteiger partial charge in [-0.25, -0.2) is 0 Å². The largest absolute Gasteiger partial charge is 0.384 e. The summed E-state index contributed by atoms with van der Waals surface area (Å²) < 4.78 is 6.59. The molecule has 0 amide bonds. The van der Waals surface area contributed by atoms with E-state index >= 15 is 0 Å². The van der Waals surface area contributed by atoms with Gasteiger partial charge in [0.1, 0.15) is 5.84 Å². The summed E-state index contributed by atoms with van der Waals surface area (Å²) in [6.07, 6.45) is 2.20. The van der Waals surface area contributed by atoms with Crippen molar-refractivity contribution in [1.82, 2.24) is 0 Å². The number of hydrogen-bond acceptors (Lipinski definition) is 3. The molecule has 1 unspecified atom stereocenters. The minimum Gasteiger partial charge on any atom is -0.384 e. The molecule has 1 aromatic rings. The second-order valence-corrected chi connectivity index (χ2v) is 6.11. The summed E-state index contributed by atoms with van der Waals surface area (Å²) in [4.78, 5) is 2.32. The summed E-state index contributed by atoms with van der Waals surface area (Å²) in [7, 11) is 1.78. The number of benzene rings is 1. The predicted octanol–water partition coefficient (Wildman–Crippen LogP) is 2.74. The summed E-state index contributed by atoms with van der Waals surface area (Å²) in [5.41, 5.74) is 7.29. The van der Waals surface area contributed by atoms with Gasteiger partial charge in [-0.3, -0.25) is 5.41 Å². The van der Waals surface area contributed by atoms with Gasteiger partial charge >= 0.3 is 0 Å². The van der Waals surface area contributed by atoms with Crippen LogP contribution in [0.3, 0.4) is 0 Å². The number of anilines is 1. The Morgan fingerprint density at radius 2 is 2.26 bits per heavy atom. The van der Waals surface area contributed by atoms with Crippen molar-refractivity contribution in [3.63, 3.8) is 0 Å². The van der Waals surface area contributed by atoms with Crippen molar-refractivity contribution < 1.29 is 4.74 Å². The summed E-state index contributed by atoms with van der Waals surface area (Å²) in [5.74, 6) is 0.0904. The molecule has 104 valence electrons. The fourth-order valence-electron chi connectivity index (χ4n) is 2.51. The number of ether oxygens (including phenoxy) is 1. The van der Waals surface area contributed by atoms with Crippen molar-refractivity contribution in [3.8, 4) is 0 Å². The third-order valence-corrected chi connectivity index (χ3v) is 4.39. The lowest BCUT2D eigenvalue weighted by Crippen LogP contribution is -2.47. The number of hydrogen-bond donors (Lipinski definition) is 2.